The highest BCUT2D eigenvalue weighted by Crippen LogP contribution is 2.28. The molecular formula is C20H23N2O4-. The van der Waals surface area contributed by atoms with Crippen LogP contribution in [0, 0.1) is 5.92 Å². The van der Waals surface area contributed by atoms with Crippen LogP contribution in [0.5, 0.6) is 11.5 Å². The van der Waals surface area contributed by atoms with Gasteiger partial charge >= 0.3 is 0 Å². The van der Waals surface area contributed by atoms with E-state index in [-0.39, 0.29) is 5.56 Å². The van der Waals surface area contributed by atoms with E-state index in [1.165, 1.54) is 12.1 Å². The molecule has 0 aliphatic rings. The van der Waals surface area contributed by atoms with Gasteiger partial charge in [-0.05, 0) is 53.8 Å². The van der Waals surface area contributed by atoms with Crippen LogP contribution in [0.2, 0.25) is 0 Å². The molecule has 2 aromatic carbocycles. The van der Waals surface area contributed by atoms with E-state index in [0.717, 1.165) is 12.0 Å². The van der Waals surface area contributed by atoms with E-state index in [4.69, 9.17) is 9.47 Å². The number of methoxy groups -OCH3 is 1. The van der Waals surface area contributed by atoms with Crippen LogP contribution in [0.1, 0.15) is 36.2 Å². The van der Waals surface area contributed by atoms with Gasteiger partial charge in [-0.3, -0.25) is 5.43 Å². The number of carboxylic acids is 1. The third-order valence-corrected chi connectivity index (χ3v) is 3.65. The lowest BCUT2D eigenvalue weighted by molar-refractivity contribution is -0.255. The van der Waals surface area contributed by atoms with Crippen molar-refractivity contribution in [2.75, 3.05) is 19.1 Å². The Morgan fingerprint density at radius 3 is 2.73 bits per heavy atom. The summed E-state index contributed by atoms with van der Waals surface area (Å²) in [5.41, 5.74) is 4.27. The van der Waals surface area contributed by atoms with Gasteiger partial charge in [0.15, 0.2) is 11.5 Å². The molecule has 1 N–H and O–H groups in total. The molecule has 0 unspecified atom stereocenters. The molecule has 138 valence electrons. The SMILES string of the molecule is COc1cc(/C=N\Nc2cccc(C(=O)[O-])c2)ccc1OCCC(C)C. The van der Waals surface area contributed by atoms with E-state index in [1.54, 1.807) is 25.5 Å². The van der Waals surface area contributed by atoms with Gasteiger partial charge in [-0.2, -0.15) is 5.10 Å². The number of anilines is 1. The fraction of sp³-hybridized carbons (Fsp3) is 0.300. The summed E-state index contributed by atoms with van der Waals surface area (Å²) < 4.78 is 11.1. The number of hydrogen-bond donors (Lipinski definition) is 1. The maximum atomic E-state index is 10.9. The maximum absolute atomic E-state index is 10.9. The van der Waals surface area contributed by atoms with Crippen LogP contribution in [0.15, 0.2) is 47.6 Å². The van der Waals surface area contributed by atoms with Gasteiger partial charge in [0, 0.05) is 0 Å². The van der Waals surface area contributed by atoms with Crippen molar-refractivity contribution >= 4 is 17.9 Å². The van der Waals surface area contributed by atoms with Gasteiger partial charge in [0.25, 0.3) is 0 Å². The summed E-state index contributed by atoms with van der Waals surface area (Å²) in [5, 5.41) is 15.0. The lowest BCUT2D eigenvalue weighted by Gasteiger charge is -2.12. The molecule has 2 aromatic rings. The molecule has 0 aromatic heterocycles. The van der Waals surface area contributed by atoms with Crippen molar-refractivity contribution in [1.82, 2.24) is 0 Å². The summed E-state index contributed by atoms with van der Waals surface area (Å²) in [7, 11) is 1.59. The first-order valence-corrected chi connectivity index (χ1v) is 8.41. The van der Waals surface area contributed by atoms with Crippen LogP contribution in [0.3, 0.4) is 0 Å². The molecule has 6 nitrogen and oxygen atoms in total. The number of carbonyl (C=O) groups is 1. The number of nitrogens with zero attached hydrogens (tertiary/aromatic N) is 1. The first-order chi connectivity index (χ1) is 12.5. The molecule has 0 bridgehead atoms. The zero-order valence-corrected chi connectivity index (χ0v) is 15.2. The third-order valence-electron chi connectivity index (χ3n) is 3.65. The summed E-state index contributed by atoms with van der Waals surface area (Å²) in [6, 6.07) is 11.8. The second-order valence-corrected chi connectivity index (χ2v) is 6.18. The Kier molecular flexibility index (Phi) is 7.02. The van der Waals surface area contributed by atoms with Crippen molar-refractivity contribution in [3.63, 3.8) is 0 Å². The smallest absolute Gasteiger partial charge is 0.161 e. The summed E-state index contributed by atoms with van der Waals surface area (Å²) >= 11 is 0. The average Bonchev–Trinajstić information content (AvgIpc) is 2.62. The van der Waals surface area contributed by atoms with Gasteiger partial charge in [0.05, 0.1) is 31.6 Å². The molecule has 0 fully saturated rings. The predicted octanol–water partition coefficient (Wildman–Crippen LogP) is 2.93. The highest BCUT2D eigenvalue weighted by molar-refractivity contribution is 5.87. The number of hydrogen-bond acceptors (Lipinski definition) is 6. The van der Waals surface area contributed by atoms with E-state index < -0.39 is 5.97 Å². The second kappa shape index (κ2) is 9.46. The van der Waals surface area contributed by atoms with Crippen molar-refractivity contribution in [2.24, 2.45) is 11.0 Å². The van der Waals surface area contributed by atoms with Crippen LogP contribution in [0.4, 0.5) is 5.69 Å². The second-order valence-electron chi connectivity index (χ2n) is 6.18. The highest BCUT2D eigenvalue weighted by Gasteiger charge is 2.05. The standard InChI is InChI=1S/C20H24N2O4/c1-14(2)9-10-26-18-8-7-15(11-19(18)25-3)13-21-22-17-6-4-5-16(12-17)20(23)24/h4-8,11-14,22H,9-10H2,1-3H3,(H,23,24)/p-1/b21-13-. The lowest BCUT2D eigenvalue weighted by atomic mass is 10.1. The Bertz CT molecular complexity index is 772. The largest absolute Gasteiger partial charge is 0.545 e. The van der Waals surface area contributed by atoms with E-state index in [2.05, 4.69) is 24.4 Å². The topological polar surface area (TPSA) is 83.0 Å². The third kappa shape index (κ3) is 5.81. The van der Waals surface area contributed by atoms with Crippen molar-refractivity contribution < 1.29 is 19.4 Å². The monoisotopic (exact) mass is 355 g/mol. The summed E-state index contributed by atoms with van der Waals surface area (Å²) in [4.78, 5) is 10.9. The molecule has 0 aliphatic carbocycles. The Morgan fingerprint density at radius 2 is 2.04 bits per heavy atom. The zero-order valence-electron chi connectivity index (χ0n) is 15.2. The van der Waals surface area contributed by atoms with Crippen molar-refractivity contribution in [3.8, 4) is 11.5 Å². The molecule has 0 radical (unpaired) electrons. The minimum Gasteiger partial charge on any atom is -0.545 e. The molecule has 2 rings (SSSR count). The van der Waals surface area contributed by atoms with E-state index in [0.29, 0.717) is 29.7 Å². The number of nitrogens with one attached hydrogen (secondary N) is 1. The maximum Gasteiger partial charge on any atom is 0.161 e. The minimum absolute atomic E-state index is 0.0924. The molecule has 0 spiro atoms. The quantitative estimate of drug-likeness (QED) is 0.552. The first kappa shape index (κ1) is 19.3. The van der Waals surface area contributed by atoms with Crippen LogP contribution in [-0.4, -0.2) is 25.9 Å². The molecule has 6 heteroatoms. The van der Waals surface area contributed by atoms with Crippen LogP contribution in [-0.2, 0) is 0 Å². The van der Waals surface area contributed by atoms with Crippen molar-refractivity contribution in [1.29, 1.82) is 0 Å². The number of hydrazone groups is 1. The Labute approximate surface area is 153 Å². The molecule has 0 heterocycles. The summed E-state index contributed by atoms with van der Waals surface area (Å²) in [5.74, 6) is 0.681. The number of benzene rings is 2. The summed E-state index contributed by atoms with van der Waals surface area (Å²) in [6.07, 6.45) is 2.59. The summed E-state index contributed by atoms with van der Waals surface area (Å²) in [6.45, 7) is 4.93. The molecular weight excluding hydrogens is 332 g/mol. The zero-order chi connectivity index (χ0) is 18.9. The van der Waals surface area contributed by atoms with Crippen molar-refractivity contribution in [2.45, 2.75) is 20.3 Å². The van der Waals surface area contributed by atoms with E-state index in [9.17, 15) is 9.90 Å². The van der Waals surface area contributed by atoms with Crippen LogP contribution >= 0.6 is 0 Å². The number of rotatable bonds is 9. The number of carboxylic acid groups (broad SMARTS) is 1. The fourth-order valence-corrected chi connectivity index (χ4v) is 2.19. The van der Waals surface area contributed by atoms with Gasteiger partial charge < -0.3 is 19.4 Å². The van der Waals surface area contributed by atoms with Gasteiger partial charge in [-0.15, -0.1) is 0 Å². The van der Waals surface area contributed by atoms with Crippen LogP contribution in [0.25, 0.3) is 0 Å². The average molecular weight is 355 g/mol. The molecule has 0 saturated carbocycles. The lowest BCUT2D eigenvalue weighted by Crippen LogP contribution is -2.22. The number of carbonyl (C=O) groups excluding carboxylic acids is 1. The van der Waals surface area contributed by atoms with E-state index in [1.807, 2.05) is 18.2 Å². The first-order valence-electron chi connectivity index (χ1n) is 8.41. The van der Waals surface area contributed by atoms with Crippen molar-refractivity contribution in [3.05, 3.63) is 53.6 Å². The van der Waals surface area contributed by atoms with Gasteiger partial charge in [0.2, 0.25) is 0 Å². The molecule has 0 atom stereocenters. The predicted molar refractivity (Wildman–Crippen MR) is 99.9 cm³/mol. The molecule has 0 aliphatic heterocycles. The molecule has 0 saturated heterocycles. The molecule has 26 heavy (non-hydrogen) atoms. The Balaban J connectivity index is 2.01. The Morgan fingerprint density at radius 1 is 1.23 bits per heavy atom. The minimum atomic E-state index is -1.23. The molecule has 0 amide bonds. The highest BCUT2D eigenvalue weighted by atomic mass is 16.5. The fourth-order valence-electron chi connectivity index (χ4n) is 2.19. The van der Waals surface area contributed by atoms with Gasteiger partial charge in [0.1, 0.15) is 0 Å². The van der Waals surface area contributed by atoms with Gasteiger partial charge in [-0.1, -0.05) is 26.0 Å². The van der Waals surface area contributed by atoms with E-state index >= 15 is 0 Å². The normalized spacial score (nSPS) is 10.9. The number of aromatic carboxylic acids is 1. The van der Waals surface area contributed by atoms with Gasteiger partial charge in [-0.25, -0.2) is 0 Å². The van der Waals surface area contributed by atoms with Crippen LogP contribution < -0.4 is 20.0 Å². The number of ether oxygens (including phenoxy) is 2. The Hall–Kier alpha value is -3.02.